The van der Waals surface area contributed by atoms with Crippen molar-refractivity contribution in [3.63, 3.8) is 0 Å². The Labute approximate surface area is 120 Å². The molecule has 0 saturated carbocycles. The van der Waals surface area contributed by atoms with Gasteiger partial charge in [-0.2, -0.15) is 5.10 Å². The summed E-state index contributed by atoms with van der Waals surface area (Å²) in [5, 5.41) is 10.2. The molecule has 2 heterocycles. The number of amides is 1. The number of aromatic nitrogens is 2. The highest BCUT2D eigenvalue weighted by molar-refractivity contribution is 5.92. The molecule has 0 aliphatic carbocycles. The molecule has 1 saturated heterocycles. The molecule has 1 fully saturated rings. The average molecular weight is 287 g/mol. The summed E-state index contributed by atoms with van der Waals surface area (Å²) in [6.45, 7) is 5.87. The summed E-state index contributed by atoms with van der Waals surface area (Å²) in [6.07, 6.45) is 2.16. The molecule has 2 N–H and O–H groups in total. The van der Waals surface area contributed by atoms with E-state index in [1.165, 1.54) is 0 Å². The zero-order valence-corrected chi connectivity index (χ0v) is 12.6. The maximum atomic E-state index is 12.4. The molecule has 0 aromatic carbocycles. The van der Waals surface area contributed by atoms with Gasteiger partial charge < -0.3 is 10.2 Å². The average Bonchev–Trinajstić information content (AvgIpc) is 2.97. The highest BCUT2D eigenvalue weighted by Crippen LogP contribution is 2.20. The normalized spacial score (nSPS) is 18.7. The third kappa shape index (κ3) is 3.48. The van der Waals surface area contributed by atoms with Crippen LogP contribution in [0, 0.1) is 0 Å². The largest absolute Gasteiger partial charge is 0.333 e. The summed E-state index contributed by atoms with van der Waals surface area (Å²) in [5.41, 5.74) is 1.56. The van der Waals surface area contributed by atoms with Crippen LogP contribution in [0.2, 0.25) is 0 Å². The molecular weight excluding hydrogens is 264 g/mol. The van der Waals surface area contributed by atoms with E-state index in [1.54, 1.807) is 0 Å². The minimum atomic E-state index is 0. The molecule has 1 aliphatic rings. The van der Waals surface area contributed by atoms with Crippen molar-refractivity contribution in [3.05, 3.63) is 17.5 Å². The fourth-order valence-corrected chi connectivity index (χ4v) is 2.44. The molecule has 1 amide bonds. The Balaban J connectivity index is 0.00000180. The predicted molar refractivity (Wildman–Crippen MR) is 77.9 cm³/mol. The second-order valence-electron chi connectivity index (χ2n) is 5.22. The monoisotopic (exact) mass is 286 g/mol. The Bertz CT molecular complexity index is 419. The van der Waals surface area contributed by atoms with Crippen LogP contribution in [-0.4, -0.2) is 47.2 Å². The minimum absolute atomic E-state index is 0. The quantitative estimate of drug-likeness (QED) is 0.887. The highest BCUT2D eigenvalue weighted by atomic mass is 35.5. The van der Waals surface area contributed by atoms with Gasteiger partial charge in [-0.05, 0) is 31.9 Å². The molecule has 0 radical (unpaired) electrons. The van der Waals surface area contributed by atoms with E-state index < -0.39 is 0 Å². The number of hydrogen-bond donors (Lipinski definition) is 2. The van der Waals surface area contributed by atoms with Crippen LogP contribution < -0.4 is 5.32 Å². The van der Waals surface area contributed by atoms with Gasteiger partial charge in [-0.1, -0.05) is 13.8 Å². The van der Waals surface area contributed by atoms with Crippen molar-refractivity contribution < 1.29 is 4.79 Å². The molecule has 108 valence electrons. The number of carbonyl (C=O) groups excluding carboxylic acids is 1. The van der Waals surface area contributed by atoms with E-state index in [0.29, 0.717) is 17.7 Å². The van der Waals surface area contributed by atoms with Crippen LogP contribution in [0.5, 0.6) is 0 Å². The maximum absolute atomic E-state index is 12.4. The Hall–Kier alpha value is -1.07. The van der Waals surface area contributed by atoms with Gasteiger partial charge in [0, 0.05) is 24.8 Å². The van der Waals surface area contributed by atoms with Crippen LogP contribution in [0.15, 0.2) is 6.07 Å². The molecular formula is C13H23ClN4O. The van der Waals surface area contributed by atoms with Gasteiger partial charge in [0.1, 0.15) is 5.69 Å². The second-order valence-corrected chi connectivity index (χ2v) is 5.22. The number of likely N-dealkylation sites (tertiary alicyclic amines) is 1. The van der Waals surface area contributed by atoms with Crippen molar-refractivity contribution in [2.75, 3.05) is 20.1 Å². The van der Waals surface area contributed by atoms with Gasteiger partial charge in [0.15, 0.2) is 0 Å². The number of likely N-dealkylation sites (N-methyl/N-ethyl adjacent to an activating group) is 1. The van der Waals surface area contributed by atoms with Crippen molar-refractivity contribution >= 4 is 18.3 Å². The number of carbonyl (C=O) groups is 1. The van der Waals surface area contributed by atoms with Gasteiger partial charge in [-0.3, -0.25) is 9.89 Å². The van der Waals surface area contributed by atoms with Gasteiger partial charge in [-0.25, -0.2) is 0 Å². The lowest BCUT2D eigenvalue weighted by Gasteiger charge is -2.23. The third-order valence-electron chi connectivity index (χ3n) is 3.52. The van der Waals surface area contributed by atoms with E-state index in [1.807, 2.05) is 18.0 Å². The summed E-state index contributed by atoms with van der Waals surface area (Å²) >= 11 is 0. The fraction of sp³-hybridized carbons (Fsp3) is 0.692. The Kier molecular flexibility index (Phi) is 5.82. The Morgan fingerprint density at radius 2 is 2.37 bits per heavy atom. The van der Waals surface area contributed by atoms with E-state index >= 15 is 0 Å². The van der Waals surface area contributed by atoms with Gasteiger partial charge in [0.2, 0.25) is 0 Å². The Morgan fingerprint density at radius 3 is 2.95 bits per heavy atom. The molecule has 5 nitrogen and oxygen atoms in total. The van der Waals surface area contributed by atoms with E-state index in [4.69, 9.17) is 0 Å². The SMILES string of the molecule is CNCC1CCCN1C(=O)c1cc(C(C)C)[nH]n1.Cl. The first kappa shape index (κ1) is 16.0. The van der Waals surface area contributed by atoms with Gasteiger partial charge in [0.05, 0.1) is 0 Å². The number of aromatic amines is 1. The molecule has 1 aromatic rings. The summed E-state index contributed by atoms with van der Waals surface area (Å²) in [5.74, 6) is 0.418. The van der Waals surface area contributed by atoms with E-state index in [9.17, 15) is 4.79 Å². The number of halogens is 1. The zero-order valence-electron chi connectivity index (χ0n) is 11.8. The molecule has 0 bridgehead atoms. The molecule has 6 heteroatoms. The maximum Gasteiger partial charge on any atom is 0.274 e. The van der Waals surface area contributed by atoms with Crippen molar-refractivity contribution in [1.82, 2.24) is 20.4 Å². The lowest BCUT2D eigenvalue weighted by Crippen LogP contribution is -2.41. The molecule has 1 aromatic heterocycles. The number of nitrogens with zero attached hydrogens (tertiary/aromatic N) is 2. The highest BCUT2D eigenvalue weighted by Gasteiger charge is 2.30. The molecule has 1 atom stereocenters. The van der Waals surface area contributed by atoms with Crippen molar-refractivity contribution in [1.29, 1.82) is 0 Å². The minimum Gasteiger partial charge on any atom is -0.333 e. The van der Waals surface area contributed by atoms with Crippen LogP contribution in [0.4, 0.5) is 0 Å². The first-order valence-corrected chi connectivity index (χ1v) is 6.64. The first-order chi connectivity index (χ1) is 8.63. The molecule has 0 spiro atoms. The number of H-pyrrole nitrogens is 1. The lowest BCUT2D eigenvalue weighted by molar-refractivity contribution is 0.0731. The molecule has 1 unspecified atom stereocenters. The van der Waals surface area contributed by atoms with Gasteiger partial charge in [0.25, 0.3) is 5.91 Å². The van der Waals surface area contributed by atoms with Crippen molar-refractivity contribution in [3.8, 4) is 0 Å². The van der Waals surface area contributed by atoms with Crippen LogP contribution in [0.25, 0.3) is 0 Å². The number of rotatable bonds is 4. The van der Waals surface area contributed by atoms with Crippen molar-refractivity contribution in [2.24, 2.45) is 0 Å². The molecule has 2 rings (SSSR count). The summed E-state index contributed by atoms with van der Waals surface area (Å²) in [4.78, 5) is 14.3. The number of hydrogen-bond acceptors (Lipinski definition) is 3. The van der Waals surface area contributed by atoms with Crippen molar-refractivity contribution in [2.45, 2.75) is 38.6 Å². The topological polar surface area (TPSA) is 61.0 Å². The van der Waals surface area contributed by atoms with Gasteiger partial charge in [-0.15, -0.1) is 12.4 Å². The predicted octanol–water partition coefficient (Wildman–Crippen LogP) is 1.78. The fourth-order valence-electron chi connectivity index (χ4n) is 2.44. The number of nitrogens with one attached hydrogen (secondary N) is 2. The standard InChI is InChI=1S/C13H22N4O.ClH/c1-9(2)11-7-12(16-15-11)13(18)17-6-4-5-10(17)8-14-3;/h7,9-10,14H,4-6,8H2,1-3H3,(H,15,16);1H. The summed E-state index contributed by atoms with van der Waals surface area (Å²) in [6, 6.07) is 2.18. The van der Waals surface area contributed by atoms with E-state index in [0.717, 1.165) is 31.6 Å². The first-order valence-electron chi connectivity index (χ1n) is 6.64. The van der Waals surface area contributed by atoms with Gasteiger partial charge >= 0.3 is 0 Å². The zero-order chi connectivity index (χ0) is 13.1. The Morgan fingerprint density at radius 1 is 1.63 bits per heavy atom. The summed E-state index contributed by atoms with van der Waals surface area (Å²) in [7, 11) is 1.92. The van der Waals surface area contributed by atoms with E-state index in [-0.39, 0.29) is 18.3 Å². The molecule has 1 aliphatic heterocycles. The van der Waals surface area contributed by atoms with Crippen LogP contribution >= 0.6 is 12.4 Å². The van der Waals surface area contributed by atoms with Crippen LogP contribution in [0.3, 0.4) is 0 Å². The van der Waals surface area contributed by atoms with Crippen LogP contribution in [-0.2, 0) is 0 Å². The summed E-state index contributed by atoms with van der Waals surface area (Å²) < 4.78 is 0. The second kappa shape index (κ2) is 6.91. The smallest absolute Gasteiger partial charge is 0.274 e. The molecule has 19 heavy (non-hydrogen) atoms. The third-order valence-corrected chi connectivity index (χ3v) is 3.52. The van der Waals surface area contributed by atoms with Crippen LogP contribution in [0.1, 0.15) is 48.8 Å². The lowest BCUT2D eigenvalue weighted by atomic mass is 10.1. The van der Waals surface area contributed by atoms with E-state index in [2.05, 4.69) is 29.4 Å².